The van der Waals surface area contributed by atoms with Crippen molar-refractivity contribution in [1.29, 1.82) is 0 Å². The fourth-order valence-corrected chi connectivity index (χ4v) is 4.57. The molecule has 1 atom stereocenters. The summed E-state index contributed by atoms with van der Waals surface area (Å²) < 4.78 is 11.2. The van der Waals surface area contributed by atoms with Crippen molar-refractivity contribution in [2.24, 2.45) is 0 Å². The van der Waals surface area contributed by atoms with Crippen LogP contribution in [0, 0.1) is 0 Å². The van der Waals surface area contributed by atoms with Crippen molar-refractivity contribution >= 4 is 23.1 Å². The summed E-state index contributed by atoms with van der Waals surface area (Å²) >= 11 is 0. The maximum atomic E-state index is 12.7. The number of hydrogen-bond acceptors (Lipinski definition) is 5. The summed E-state index contributed by atoms with van der Waals surface area (Å²) in [6.45, 7) is 4.27. The lowest BCUT2D eigenvalue weighted by molar-refractivity contribution is -0.892. The van der Waals surface area contributed by atoms with Crippen molar-refractivity contribution < 1.29 is 24.0 Å². The molecule has 156 valence electrons. The number of quaternary nitrogens is 1. The predicted octanol–water partition coefficient (Wildman–Crippen LogP) is 1.26. The summed E-state index contributed by atoms with van der Waals surface area (Å²) in [5.41, 5.74) is 3.55. The van der Waals surface area contributed by atoms with Crippen LogP contribution in [0.5, 0.6) is 11.5 Å². The number of fused-ring (bicyclic) bond motifs is 2. The Morgan fingerprint density at radius 2 is 1.67 bits per heavy atom. The van der Waals surface area contributed by atoms with Gasteiger partial charge in [-0.2, -0.15) is 0 Å². The van der Waals surface area contributed by atoms with E-state index in [9.17, 15) is 9.59 Å². The lowest BCUT2D eigenvalue weighted by atomic mass is 10.1. The Morgan fingerprint density at radius 3 is 2.43 bits per heavy atom. The third kappa shape index (κ3) is 3.29. The molecule has 1 saturated heterocycles. The summed E-state index contributed by atoms with van der Waals surface area (Å²) in [5, 5.41) is 0. The van der Waals surface area contributed by atoms with Crippen LogP contribution in [-0.2, 0) is 11.3 Å². The van der Waals surface area contributed by atoms with Crippen LogP contribution >= 0.6 is 0 Å². The van der Waals surface area contributed by atoms with Crippen molar-refractivity contribution in [1.82, 2.24) is 0 Å². The SMILES string of the molecule is C[NH+](Cc1ccccc1N1CCCC1)CN1C(=O)C(=O)c2cc3c(cc21)OCCO3. The zero-order valence-corrected chi connectivity index (χ0v) is 17.1. The number of carbonyl (C=O) groups is 2. The molecule has 1 unspecified atom stereocenters. The Morgan fingerprint density at radius 1 is 0.967 bits per heavy atom. The second kappa shape index (κ2) is 7.65. The zero-order valence-electron chi connectivity index (χ0n) is 17.1. The van der Waals surface area contributed by atoms with Crippen LogP contribution in [0.15, 0.2) is 36.4 Å². The molecule has 2 aromatic rings. The number of carbonyl (C=O) groups excluding carboxylic acids is 2. The molecule has 7 nitrogen and oxygen atoms in total. The largest absolute Gasteiger partial charge is 0.486 e. The standard InChI is InChI=1S/C23H25N3O4/c1-24(14-16-6-2-3-7-18(16)25-8-4-5-9-25)15-26-19-13-21-20(29-10-11-30-21)12-17(19)22(27)23(26)28/h2-3,6-7,12-13H,4-5,8-11,14-15H2,1H3/p+1. The normalized spacial score (nSPS) is 18.7. The maximum Gasteiger partial charge on any atom is 0.303 e. The molecule has 1 fully saturated rings. The monoisotopic (exact) mass is 408 g/mol. The molecule has 1 N–H and O–H groups in total. The molecular formula is C23H26N3O4+. The fraction of sp³-hybridized carbons (Fsp3) is 0.391. The van der Waals surface area contributed by atoms with Gasteiger partial charge in [-0.1, -0.05) is 18.2 Å². The van der Waals surface area contributed by atoms with Gasteiger partial charge in [0.05, 0.1) is 18.3 Å². The smallest absolute Gasteiger partial charge is 0.303 e. The third-order valence-electron chi connectivity index (χ3n) is 5.99. The highest BCUT2D eigenvalue weighted by atomic mass is 16.6. The van der Waals surface area contributed by atoms with Gasteiger partial charge in [-0.05, 0) is 25.0 Å². The average Bonchev–Trinajstić information content (AvgIpc) is 3.37. The van der Waals surface area contributed by atoms with Gasteiger partial charge >= 0.3 is 5.91 Å². The van der Waals surface area contributed by atoms with Crippen LogP contribution in [0.1, 0.15) is 28.8 Å². The van der Waals surface area contributed by atoms with E-state index < -0.39 is 11.7 Å². The van der Waals surface area contributed by atoms with Crippen molar-refractivity contribution in [2.75, 3.05) is 49.8 Å². The predicted molar refractivity (Wildman–Crippen MR) is 113 cm³/mol. The quantitative estimate of drug-likeness (QED) is 0.755. The van der Waals surface area contributed by atoms with Gasteiger partial charge in [-0.25, -0.2) is 0 Å². The number of rotatable bonds is 5. The molecule has 7 heteroatoms. The minimum absolute atomic E-state index is 0.398. The van der Waals surface area contributed by atoms with Crippen LogP contribution in [0.2, 0.25) is 0 Å². The van der Waals surface area contributed by atoms with E-state index in [1.165, 1.54) is 24.1 Å². The van der Waals surface area contributed by atoms with Crippen molar-refractivity contribution in [3.63, 3.8) is 0 Å². The molecule has 3 heterocycles. The minimum atomic E-state index is -0.487. The van der Waals surface area contributed by atoms with Crippen LogP contribution in [0.4, 0.5) is 11.4 Å². The van der Waals surface area contributed by atoms with Crippen LogP contribution < -0.4 is 24.2 Å². The first-order valence-corrected chi connectivity index (χ1v) is 10.6. The van der Waals surface area contributed by atoms with Gasteiger partial charge in [0.15, 0.2) is 18.2 Å². The first-order valence-electron chi connectivity index (χ1n) is 10.6. The van der Waals surface area contributed by atoms with E-state index >= 15 is 0 Å². The highest BCUT2D eigenvalue weighted by molar-refractivity contribution is 6.52. The van der Waals surface area contributed by atoms with E-state index in [2.05, 4.69) is 36.2 Å². The van der Waals surface area contributed by atoms with Gasteiger partial charge in [-0.15, -0.1) is 0 Å². The third-order valence-corrected chi connectivity index (χ3v) is 5.99. The van der Waals surface area contributed by atoms with Gasteiger partial charge in [0.25, 0.3) is 5.78 Å². The van der Waals surface area contributed by atoms with Gasteiger partial charge < -0.3 is 19.3 Å². The summed E-state index contributed by atoms with van der Waals surface area (Å²) in [7, 11) is 2.05. The Balaban J connectivity index is 1.37. The first kappa shape index (κ1) is 18.9. The van der Waals surface area contributed by atoms with Gasteiger partial charge in [-0.3, -0.25) is 14.5 Å². The second-order valence-electron chi connectivity index (χ2n) is 8.19. The van der Waals surface area contributed by atoms with E-state index in [0.717, 1.165) is 24.5 Å². The number of nitrogens with one attached hydrogen (secondary N) is 1. The Bertz CT molecular complexity index is 1000. The molecule has 30 heavy (non-hydrogen) atoms. The molecule has 0 bridgehead atoms. The number of nitrogens with zero attached hydrogens (tertiary/aromatic N) is 2. The molecule has 1 amide bonds. The molecule has 2 aromatic carbocycles. The molecule has 0 aliphatic carbocycles. The number of ether oxygens (including phenoxy) is 2. The second-order valence-corrected chi connectivity index (χ2v) is 8.19. The number of Topliss-reactive ketones (excluding diaryl/α,β-unsaturated/α-hetero) is 1. The number of benzene rings is 2. The highest BCUT2D eigenvalue weighted by Gasteiger charge is 2.39. The van der Waals surface area contributed by atoms with Gasteiger partial charge in [0.2, 0.25) is 0 Å². The molecule has 5 rings (SSSR count). The van der Waals surface area contributed by atoms with E-state index in [1.54, 1.807) is 17.0 Å². The average molecular weight is 408 g/mol. The first-order chi connectivity index (χ1) is 14.6. The van der Waals surface area contributed by atoms with Crippen molar-refractivity contribution in [3.8, 4) is 11.5 Å². The molecule has 3 aliphatic rings. The molecule has 0 saturated carbocycles. The van der Waals surface area contributed by atoms with E-state index in [1.807, 2.05) is 0 Å². The molecule has 0 aromatic heterocycles. The highest BCUT2D eigenvalue weighted by Crippen LogP contribution is 2.40. The molecule has 0 radical (unpaired) electrons. The molecule has 0 spiro atoms. The number of amides is 1. The van der Waals surface area contributed by atoms with Gasteiger partial charge in [0.1, 0.15) is 19.8 Å². The van der Waals surface area contributed by atoms with Gasteiger partial charge in [0, 0.05) is 30.4 Å². The fourth-order valence-electron chi connectivity index (χ4n) is 4.57. The summed E-state index contributed by atoms with van der Waals surface area (Å²) in [6, 6.07) is 11.9. The lowest BCUT2D eigenvalue weighted by Crippen LogP contribution is -3.09. The van der Waals surface area contributed by atoms with Crippen LogP contribution in [0.25, 0.3) is 0 Å². The summed E-state index contributed by atoms with van der Waals surface area (Å²) in [4.78, 5) is 30.4. The number of hydrogen-bond donors (Lipinski definition) is 1. The number of ketones is 1. The van der Waals surface area contributed by atoms with E-state index in [4.69, 9.17) is 9.47 Å². The summed E-state index contributed by atoms with van der Waals surface area (Å²) in [5.74, 6) is 0.152. The van der Waals surface area contributed by atoms with Crippen molar-refractivity contribution in [3.05, 3.63) is 47.5 Å². The Hall–Kier alpha value is -3.06. The maximum absolute atomic E-state index is 12.7. The van der Waals surface area contributed by atoms with E-state index in [-0.39, 0.29) is 0 Å². The lowest BCUT2D eigenvalue weighted by Gasteiger charge is -2.26. The Labute approximate surface area is 175 Å². The Kier molecular flexibility index (Phi) is 4.83. The van der Waals surface area contributed by atoms with Crippen LogP contribution in [-0.4, -0.2) is 51.7 Å². The number of anilines is 2. The number of para-hydroxylation sites is 1. The van der Waals surface area contributed by atoms with E-state index in [0.29, 0.717) is 42.6 Å². The zero-order chi connectivity index (χ0) is 20.7. The topological polar surface area (TPSA) is 63.5 Å². The molecular weight excluding hydrogens is 382 g/mol. The van der Waals surface area contributed by atoms with Crippen LogP contribution in [0.3, 0.4) is 0 Å². The van der Waals surface area contributed by atoms with Crippen molar-refractivity contribution in [2.45, 2.75) is 19.4 Å². The summed E-state index contributed by atoms with van der Waals surface area (Å²) in [6.07, 6.45) is 2.46. The minimum Gasteiger partial charge on any atom is -0.486 e. The molecule has 3 aliphatic heterocycles.